The molecule has 1 aliphatic heterocycles. The molecule has 0 bridgehead atoms. The minimum atomic E-state index is 0.107. The second-order valence-electron chi connectivity index (χ2n) is 4.78. The van der Waals surface area contributed by atoms with E-state index in [0.717, 1.165) is 30.9 Å². The van der Waals surface area contributed by atoms with Crippen molar-refractivity contribution in [1.29, 1.82) is 0 Å². The van der Waals surface area contributed by atoms with E-state index in [4.69, 9.17) is 4.74 Å². The number of unbranched alkanes of at least 4 members (excludes halogenated alkanes) is 3. The van der Waals surface area contributed by atoms with E-state index in [9.17, 15) is 4.79 Å². The fourth-order valence-corrected chi connectivity index (χ4v) is 2.17. The lowest BCUT2D eigenvalue weighted by Gasteiger charge is -2.17. The van der Waals surface area contributed by atoms with Gasteiger partial charge in [0.2, 0.25) is 5.91 Å². The van der Waals surface area contributed by atoms with E-state index in [-0.39, 0.29) is 5.91 Å². The molecule has 1 N–H and O–H groups in total. The van der Waals surface area contributed by atoms with Crippen LogP contribution >= 0.6 is 0 Å². The van der Waals surface area contributed by atoms with Crippen LogP contribution in [-0.2, 0) is 11.2 Å². The predicted molar refractivity (Wildman–Crippen MR) is 73.0 cm³/mol. The number of aryl methyl sites for hydroxylation is 1. The van der Waals surface area contributed by atoms with Crippen LogP contribution in [0.5, 0.6) is 5.75 Å². The maximum Gasteiger partial charge on any atom is 0.224 e. The number of amides is 1. The van der Waals surface area contributed by atoms with Gasteiger partial charge in [-0.2, -0.15) is 0 Å². The number of anilines is 1. The summed E-state index contributed by atoms with van der Waals surface area (Å²) >= 11 is 0. The molecule has 98 valence electrons. The van der Waals surface area contributed by atoms with E-state index in [1.807, 2.05) is 12.1 Å². The van der Waals surface area contributed by atoms with E-state index < -0.39 is 0 Å². The highest BCUT2D eigenvalue weighted by atomic mass is 16.5. The molecule has 2 rings (SSSR count). The summed E-state index contributed by atoms with van der Waals surface area (Å²) in [5, 5.41) is 2.88. The van der Waals surface area contributed by atoms with Gasteiger partial charge in [-0.15, -0.1) is 0 Å². The van der Waals surface area contributed by atoms with E-state index in [2.05, 4.69) is 18.3 Å². The quantitative estimate of drug-likeness (QED) is 0.781. The molecular formula is C15H21NO2. The lowest BCUT2D eigenvalue weighted by Crippen LogP contribution is -2.18. The molecule has 3 nitrogen and oxygen atoms in total. The minimum Gasteiger partial charge on any atom is -0.494 e. The topological polar surface area (TPSA) is 38.3 Å². The molecule has 1 heterocycles. The van der Waals surface area contributed by atoms with Gasteiger partial charge < -0.3 is 10.1 Å². The average Bonchev–Trinajstić information content (AvgIpc) is 2.38. The van der Waals surface area contributed by atoms with Crippen LogP contribution < -0.4 is 10.1 Å². The molecule has 0 fully saturated rings. The summed E-state index contributed by atoms with van der Waals surface area (Å²) in [6, 6.07) is 5.92. The van der Waals surface area contributed by atoms with Crippen LogP contribution in [-0.4, -0.2) is 12.5 Å². The van der Waals surface area contributed by atoms with Crippen molar-refractivity contribution in [2.45, 2.75) is 45.4 Å². The Morgan fingerprint density at radius 3 is 2.94 bits per heavy atom. The second-order valence-corrected chi connectivity index (χ2v) is 4.78. The molecule has 3 heteroatoms. The van der Waals surface area contributed by atoms with Gasteiger partial charge >= 0.3 is 0 Å². The molecule has 18 heavy (non-hydrogen) atoms. The van der Waals surface area contributed by atoms with Crippen molar-refractivity contribution in [2.24, 2.45) is 0 Å². The summed E-state index contributed by atoms with van der Waals surface area (Å²) in [6.07, 6.45) is 6.26. The smallest absolute Gasteiger partial charge is 0.224 e. The molecule has 0 aliphatic carbocycles. The number of fused-ring (bicyclic) bond motifs is 1. The molecule has 0 radical (unpaired) electrons. The molecule has 0 saturated carbocycles. The third kappa shape index (κ3) is 3.49. The van der Waals surface area contributed by atoms with Gasteiger partial charge in [0.1, 0.15) is 5.75 Å². The Labute approximate surface area is 109 Å². The normalized spacial score (nSPS) is 13.9. The summed E-state index contributed by atoms with van der Waals surface area (Å²) < 4.78 is 5.73. The first-order valence-electron chi connectivity index (χ1n) is 6.85. The van der Waals surface area contributed by atoms with Crippen molar-refractivity contribution in [2.75, 3.05) is 11.9 Å². The average molecular weight is 247 g/mol. The summed E-state index contributed by atoms with van der Waals surface area (Å²) in [7, 11) is 0. The molecule has 1 amide bonds. The highest BCUT2D eigenvalue weighted by Gasteiger charge is 2.14. The Morgan fingerprint density at radius 1 is 1.22 bits per heavy atom. The Hall–Kier alpha value is -1.51. The van der Waals surface area contributed by atoms with Crippen molar-refractivity contribution in [3.05, 3.63) is 23.8 Å². The molecule has 0 saturated heterocycles. The lowest BCUT2D eigenvalue weighted by atomic mass is 10.0. The van der Waals surface area contributed by atoms with Crippen molar-refractivity contribution < 1.29 is 9.53 Å². The predicted octanol–water partition coefficient (Wildman–Crippen LogP) is 3.53. The molecule has 1 aromatic rings. The summed E-state index contributed by atoms with van der Waals surface area (Å²) in [4.78, 5) is 11.2. The van der Waals surface area contributed by atoms with Gasteiger partial charge in [0, 0.05) is 12.1 Å². The monoisotopic (exact) mass is 247 g/mol. The molecule has 1 aliphatic rings. The number of hydrogen-bond acceptors (Lipinski definition) is 2. The van der Waals surface area contributed by atoms with Crippen molar-refractivity contribution in [1.82, 2.24) is 0 Å². The first-order valence-corrected chi connectivity index (χ1v) is 6.85. The van der Waals surface area contributed by atoms with Crippen LogP contribution in [0.2, 0.25) is 0 Å². The van der Waals surface area contributed by atoms with E-state index in [1.165, 1.54) is 24.8 Å². The van der Waals surface area contributed by atoms with Crippen LogP contribution in [0.3, 0.4) is 0 Å². The fraction of sp³-hybridized carbons (Fsp3) is 0.533. The van der Waals surface area contributed by atoms with Crippen molar-refractivity contribution in [3.63, 3.8) is 0 Å². The first kappa shape index (κ1) is 12.9. The van der Waals surface area contributed by atoms with Gasteiger partial charge in [0.15, 0.2) is 0 Å². The van der Waals surface area contributed by atoms with Gasteiger partial charge in [-0.05, 0) is 36.6 Å². The number of carbonyl (C=O) groups excluding carboxylic acids is 1. The van der Waals surface area contributed by atoms with Crippen LogP contribution in [0.4, 0.5) is 5.69 Å². The highest BCUT2D eigenvalue weighted by Crippen LogP contribution is 2.26. The lowest BCUT2D eigenvalue weighted by molar-refractivity contribution is -0.116. The molecule has 0 unspecified atom stereocenters. The molecule has 0 atom stereocenters. The summed E-state index contributed by atoms with van der Waals surface area (Å²) in [5.74, 6) is 1.03. The zero-order valence-corrected chi connectivity index (χ0v) is 11.0. The Bertz CT molecular complexity index is 415. The molecule has 0 spiro atoms. The Morgan fingerprint density at radius 2 is 2.11 bits per heavy atom. The maximum atomic E-state index is 11.2. The summed E-state index contributed by atoms with van der Waals surface area (Å²) in [5.41, 5.74) is 2.12. The number of rotatable bonds is 6. The Balaban J connectivity index is 1.85. The van der Waals surface area contributed by atoms with Gasteiger partial charge in [0.05, 0.1) is 6.61 Å². The van der Waals surface area contributed by atoms with Gasteiger partial charge in [-0.3, -0.25) is 4.79 Å². The van der Waals surface area contributed by atoms with Crippen LogP contribution in [0.1, 0.15) is 44.6 Å². The minimum absolute atomic E-state index is 0.107. The molecule has 1 aromatic carbocycles. The van der Waals surface area contributed by atoms with Crippen LogP contribution in [0, 0.1) is 0 Å². The van der Waals surface area contributed by atoms with E-state index in [1.54, 1.807) is 0 Å². The van der Waals surface area contributed by atoms with Gasteiger partial charge in [0.25, 0.3) is 0 Å². The van der Waals surface area contributed by atoms with Crippen molar-refractivity contribution >= 4 is 11.6 Å². The van der Waals surface area contributed by atoms with Gasteiger partial charge in [-0.25, -0.2) is 0 Å². The zero-order chi connectivity index (χ0) is 12.8. The SMILES string of the molecule is CCCCCCOc1ccc2c(c1)CCC(=O)N2. The highest BCUT2D eigenvalue weighted by molar-refractivity contribution is 5.93. The fourth-order valence-electron chi connectivity index (χ4n) is 2.17. The molecular weight excluding hydrogens is 226 g/mol. The number of benzene rings is 1. The van der Waals surface area contributed by atoms with Crippen LogP contribution in [0.25, 0.3) is 0 Å². The third-order valence-electron chi connectivity index (χ3n) is 3.24. The third-order valence-corrected chi connectivity index (χ3v) is 3.24. The van der Waals surface area contributed by atoms with Gasteiger partial charge in [-0.1, -0.05) is 26.2 Å². The standard InChI is InChI=1S/C15H21NO2/c1-2-3-4-5-10-18-13-7-8-14-12(11-13)6-9-15(17)16-14/h7-8,11H,2-6,9-10H2,1H3,(H,16,17). The number of nitrogens with one attached hydrogen (secondary N) is 1. The largest absolute Gasteiger partial charge is 0.494 e. The maximum absolute atomic E-state index is 11.2. The number of carbonyl (C=O) groups is 1. The number of hydrogen-bond donors (Lipinski definition) is 1. The number of ether oxygens (including phenoxy) is 1. The van der Waals surface area contributed by atoms with E-state index >= 15 is 0 Å². The van der Waals surface area contributed by atoms with E-state index in [0.29, 0.717) is 6.42 Å². The van der Waals surface area contributed by atoms with Crippen LogP contribution in [0.15, 0.2) is 18.2 Å². The van der Waals surface area contributed by atoms with Crippen molar-refractivity contribution in [3.8, 4) is 5.75 Å². The first-order chi connectivity index (χ1) is 8.79. The zero-order valence-electron chi connectivity index (χ0n) is 11.0. The summed E-state index contributed by atoms with van der Waals surface area (Å²) in [6.45, 7) is 2.99. The Kier molecular flexibility index (Phi) is 4.62. The molecule has 0 aromatic heterocycles. The second kappa shape index (κ2) is 6.43.